The quantitative estimate of drug-likeness (QED) is 0.186. The van der Waals surface area contributed by atoms with Crippen LogP contribution in [0, 0.1) is 0 Å². The van der Waals surface area contributed by atoms with Crippen molar-refractivity contribution in [2.75, 3.05) is 0 Å². The standard InChI is InChI=1S/C43H25N3S/c1-2-8-26(9-3-1)35-21-18-27-16-17-28-19-22-37(46-43(28)42(27)45-35)32-14-7-11-29-30(32)12-6-13-31(29)36-23-20-33-38(44-36)24-25-40-41(33)34-10-4-5-15-39(34)47-40/h1-25H. The van der Waals surface area contributed by atoms with E-state index in [0.717, 1.165) is 71.9 Å². The van der Waals surface area contributed by atoms with E-state index in [2.05, 4.69) is 133 Å². The number of hydrogen-bond donors (Lipinski definition) is 0. The highest BCUT2D eigenvalue weighted by molar-refractivity contribution is 7.26. The molecule has 218 valence electrons. The molecule has 0 fully saturated rings. The molecule has 0 unspecified atom stereocenters. The lowest BCUT2D eigenvalue weighted by Gasteiger charge is -2.12. The van der Waals surface area contributed by atoms with E-state index < -0.39 is 0 Å². The van der Waals surface area contributed by atoms with E-state index >= 15 is 0 Å². The van der Waals surface area contributed by atoms with Gasteiger partial charge < -0.3 is 0 Å². The molecule has 0 spiro atoms. The highest BCUT2D eigenvalue weighted by Gasteiger charge is 2.15. The van der Waals surface area contributed by atoms with Gasteiger partial charge in [-0.2, -0.15) is 0 Å². The third kappa shape index (κ3) is 4.16. The van der Waals surface area contributed by atoms with Crippen LogP contribution in [0.3, 0.4) is 0 Å². The fourth-order valence-corrected chi connectivity index (χ4v) is 8.14. The van der Waals surface area contributed by atoms with Crippen LogP contribution in [0.2, 0.25) is 0 Å². The molecule has 4 aromatic heterocycles. The summed E-state index contributed by atoms with van der Waals surface area (Å²) in [7, 11) is 0. The molecular formula is C43H25N3S. The van der Waals surface area contributed by atoms with E-state index in [9.17, 15) is 0 Å². The minimum Gasteiger partial charge on any atom is -0.248 e. The van der Waals surface area contributed by atoms with Gasteiger partial charge in [0.1, 0.15) is 0 Å². The Balaban J connectivity index is 1.13. The SMILES string of the molecule is c1ccc(-c2ccc3ccc4ccc(-c5cccc6c(-c7ccc8c(ccc9sc%10ccccc%10c98)n7)cccc56)nc4c3n2)cc1. The normalized spacial score (nSPS) is 11.8. The Labute approximate surface area is 274 Å². The first-order chi connectivity index (χ1) is 23.3. The van der Waals surface area contributed by atoms with Crippen LogP contribution < -0.4 is 0 Å². The van der Waals surface area contributed by atoms with Gasteiger partial charge in [0, 0.05) is 53.0 Å². The maximum absolute atomic E-state index is 5.27. The Bertz CT molecular complexity index is 2850. The van der Waals surface area contributed by atoms with Crippen LogP contribution in [0.15, 0.2) is 152 Å². The predicted octanol–water partition coefficient (Wildman–Crippen LogP) is 11.9. The van der Waals surface area contributed by atoms with Gasteiger partial charge in [0.15, 0.2) is 0 Å². The molecule has 0 aliphatic carbocycles. The molecule has 10 aromatic rings. The summed E-state index contributed by atoms with van der Waals surface area (Å²) in [6.45, 7) is 0. The highest BCUT2D eigenvalue weighted by atomic mass is 32.1. The van der Waals surface area contributed by atoms with Gasteiger partial charge in [-0.3, -0.25) is 0 Å². The summed E-state index contributed by atoms with van der Waals surface area (Å²) < 4.78 is 2.61. The Hall–Kier alpha value is -5.97. The number of fused-ring (bicyclic) bond motifs is 9. The first kappa shape index (κ1) is 26.3. The number of pyridine rings is 3. The van der Waals surface area contributed by atoms with Crippen LogP contribution >= 0.6 is 11.3 Å². The monoisotopic (exact) mass is 615 g/mol. The predicted molar refractivity (Wildman–Crippen MR) is 199 cm³/mol. The summed E-state index contributed by atoms with van der Waals surface area (Å²) in [5.74, 6) is 0. The van der Waals surface area contributed by atoms with Gasteiger partial charge in [-0.05, 0) is 53.2 Å². The summed E-state index contributed by atoms with van der Waals surface area (Å²) >= 11 is 1.84. The average Bonchev–Trinajstić information content (AvgIpc) is 3.53. The van der Waals surface area contributed by atoms with Crippen LogP contribution in [0.5, 0.6) is 0 Å². The molecular weight excluding hydrogens is 591 g/mol. The van der Waals surface area contributed by atoms with Crippen molar-refractivity contribution in [1.29, 1.82) is 0 Å². The zero-order valence-electron chi connectivity index (χ0n) is 25.2. The first-order valence-electron chi connectivity index (χ1n) is 15.8. The molecule has 0 amide bonds. The smallest absolute Gasteiger partial charge is 0.0972 e. The Morgan fingerprint density at radius 2 is 0.957 bits per heavy atom. The van der Waals surface area contributed by atoms with Crippen molar-refractivity contribution in [3.63, 3.8) is 0 Å². The minimum absolute atomic E-state index is 0.911. The second-order valence-electron chi connectivity index (χ2n) is 12.0. The van der Waals surface area contributed by atoms with Crippen LogP contribution in [0.4, 0.5) is 0 Å². The van der Waals surface area contributed by atoms with Gasteiger partial charge in [0.05, 0.1) is 33.6 Å². The lowest BCUT2D eigenvalue weighted by molar-refractivity contribution is 1.37. The molecule has 10 rings (SSSR count). The zero-order chi connectivity index (χ0) is 30.9. The number of rotatable bonds is 3. The van der Waals surface area contributed by atoms with Gasteiger partial charge in [-0.25, -0.2) is 15.0 Å². The average molecular weight is 616 g/mol. The lowest BCUT2D eigenvalue weighted by atomic mass is 9.95. The van der Waals surface area contributed by atoms with Crippen LogP contribution in [0.1, 0.15) is 0 Å². The molecule has 0 N–H and O–H groups in total. The Kier molecular flexibility index (Phi) is 5.74. The summed E-state index contributed by atoms with van der Waals surface area (Å²) in [6.07, 6.45) is 0. The number of aromatic nitrogens is 3. The minimum atomic E-state index is 0.911. The van der Waals surface area contributed by atoms with Gasteiger partial charge in [-0.1, -0.05) is 109 Å². The van der Waals surface area contributed by atoms with Gasteiger partial charge in [-0.15, -0.1) is 11.3 Å². The van der Waals surface area contributed by atoms with Crippen LogP contribution in [-0.2, 0) is 0 Å². The van der Waals surface area contributed by atoms with Crippen molar-refractivity contribution < 1.29 is 0 Å². The van der Waals surface area contributed by atoms with E-state index in [-0.39, 0.29) is 0 Å². The highest BCUT2D eigenvalue weighted by Crippen LogP contribution is 2.40. The molecule has 4 heteroatoms. The Morgan fingerprint density at radius 1 is 0.362 bits per heavy atom. The number of hydrogen-bond acceptors (Lipinski definition) is 4. The van der Waals surface area contributed by atoms with E-state index in [1.807, 2.05) is 29.5 Å². The zero-order valence-corrected chi connectivity index (χ0v) is 26.0. The third-order valence-corrected chi connectivity index (χ3v) is 10.4. The molecule has 0 bridgehead atoms. The van der Waals surface area contributed by atoms with Gasteiger partial charge in [0.2, 0.25) is 0 Å². The molecule has 0 aliphatic heterocycles. The van der Waals surface area contributed by atoms with E-state index in [1.165, 1.54) is 25.6 Å². The fraction of sp³-hybridized carbons (Fsp3) is 0. The number of nitrogens with zero attached hydrogens (tertiary/aromatic N) is 3. The van der Waals surface area contributed by atoms with Crippen LogP contribution in [0.25, 0.3) is 97.4 Å². The molecule has 6 aromatic carbocycles. The summed E-state index contributed by atoms with van der Waals surface area (Å²) in [6, 6.07) is 53.5. The lowest BCUT2D eigenvalue weighted by Crippen LogP contribution is -1.92. The van der Waals surface area contributed by atoms with Gasteiger partial charge in [0.25, 0.3) is 0 Å². The summed E-state index contributed by atoms with van der Waals surface area (Å²) in [5.41, 5.74) is 8.98. The first-order valence-corrected chi connectivity index (χ1v) is 16.6. The maximum Gasteiger partial charge on any atom is 0.0972 e. The summed E-state index contributed by atoms with van der Waals surface area (Å²) in [4.78, 5) is 15.6. The van der Waals surface area contributed by atoms with Crippen molar-refractivity contribution in [3.8, 4) is 33.8 Å². The largest absolute Gasteiger partial charge is 0.248 e. The van der Waals surface area contributed by atoms with E-state index in [4.69, 9.17) is 15.0 Å². The van der Waals surface area contributed by atoms with Crippen molar-refractivity contribution in [2.45, 2.75) is 0 Å². The van der Waals surface area contributed by atoms with Crippen molar-refractivity contribution in [1.82, 2.24) is 15.0 Å². The summed E-state index contributed by atoms with van der Waals surface area (Å²) in [5, 5.41) is 8.25. The topological polar surface area (TPSA) is 38.7 Å². The van der Waals surface area contributed by atoms with Crippen molar-refractivity contribution in [3.05, 3.63) is 152 Å². The molecule has 0 radical (unpaired) electrons. The Morgan fingerprint density at radius 3 is 1.72 bits per heavy atom. The third-order valence-electron chi connectivity index (χ3n) is 9.27. The van der Waals surface area contributed by atoms with Crippen molar-refractivity contribution in [2.24, 2.45) is 0 Å². The van der Waals surface area contributed by atoms with Crippen LogP contribution in [-0.4, -0.2) is 15.0 Å². The van der Waals surface area contributed by atoms with E-state index in [0.29, 0.717) is 0 Å². The number of benzene rings is 6. The van der Waals surface area contributed by atoms with Crippen molar-refractivity contribution >= 4 is 75.0 Å². The molecule has 0 atom stereocenters. The molecule has 4 heterocycles. The fourth-order valence-electron chi connectivity index (χ4n) is 7.02. The number of thiophene rings is 1. The maximum atomic E-state index is 5.27. The molecule has 47 heavy (non-hydrogen) atoms. The second kappa shape index (κ2) is 10.3. The molecule has 0 aliphatic rings. The second-order valence-corrected chi connectivity index (χ2v) is 13.1. The van der Waals surface area contributed by atoms with Gasteiger partial charge >= 0.3 is 0 Å². The molecule has 0 saturated heterocycles. The molecule has 3 nitrogen and oxygen atoms in total. The van der Waals surface area contributed by atoms with E-state index in [1.54, 1.807) is 0 Å². The molecule has 0 saturated carbocycles.